The summed E-state index contributed by atoms with van der Waals surface area (Å²) in [6, 6.07) is 0. The normalized spacial score (nSPS) is 11.2. The molecular formula is C9H17O4P. The van der Waals surface area contributed by atoms with Crippen molar-refractivity contribution < 1.29 is 18.3 Å². The number of hydrogen-bond donors (Lipinski definition) is 0. The molecule has 14 heavy (non-hydrogen) atoms. The molecule has 0 aromatic heterocycles. The third-order valence-electron chi connectivity index (χ3n) is 1.35. The van der Waals surface area contributed by atoms with E-state index in [1.54, 1.807) is 13.8 Å². The van der Waals surface area contributed by atoms with E-state index in [0.29, 0.717) is 19.8 Å². The fourth-order valence-corrected chi connectivity index (χ4v) is 2.34. The molecule has 0 heterocycles. The van der Waals surface area contributed by atoms with Gasteiger partial charge in [0.1, 0.15) is 6.61 Å². The Morgan fingerprint density at radius 3 is 2.29 bits per heavy atom. The van der Waals surface area contributed by atoms with Gasteiger partial charge in [-0.2, -0.15) is 0 Å². The zero-order valence-corrected chi connectivity index (χ0v) is 9.59. The lowest BCUT2D eigenvalue weighted by molar-refractivity contribution is 0.167. The van der Waals surface area contributed by atoms with Crippen molar-refractivity contribution in [3.8, 4) is 12.3 Å². The smallest absolute Gasteiger partial charge is 0.332 e. The monoisotopic (exact) mass is 220 g/mol. The summed E-state index contributed by atoms with van der Waals surface area (Å²) < 4.78 is 26.9. The summed E-state index contributed by atoms with van der Waals surface area (Å²) >= 11 is 0. The fraction of sp³-hybridized carbons (Fsp3) is 0.778. The Bertz CT molecular complexity index is 211. The van der Waals surface area contributed by atoms with E-state index in [2.05, 4.69) is 5.92 Å². The Morgan fingerprint density at radius 2 is 1.86 bits per heavy atom. The summed E-state index contributed by atoms with van der Waals surface area (Å²) in [6.07, 6.45) is 5.24. The van der Waals surface area contributed by atoms with Crippen LogP contribution in [0.4, 0.5) is 0 Å². The number of terminal acetylenes is 1. The van der Waals surface area contributed by atoms with Gasteiger partial charge in [-0.3, -0.25) is 4.57 Å². The molecule has 0 amide bonds. The van der Waals surface area contributed by atoms with Crippen LogP contribution >= 0.6 is 7.60 Å². The highest BCUT2D eigenvalue weighted by Crippen LogP contribution is 2.47. The first kappa shape index (κ1) is 13.7. The minimum atomic E-state index is -2.95. The van der Waals surface area contributed by atoms with Crippen LogP contribution in [0, 0.1) is 12.3 Å². The van der Waals surface area contributed by atoms with Crippen molar-refractivity contribution >= 4 is 7.60 Å². The summed E-state index contributed by atoms with van der Waals surface area (Å²) in [4.78, 5) is 0. The van der Waals surface area contributed by atoms with Gasteiger partial charge in [0.05, 0.1) is 26.0 Å². The second-order valence-corrected chi connectivity index (χ2v) is 4.61. The van der Waals surface area contributed by atoms with Crippen LogP contribution in [0.3, 0.4) is 0 Å². The van der Waals surface area contributed by atoms with Gasteiger partial charge in [-0.1, -0.05) is 5.92 Å². The molecular weight excluding hydrogens is 203 g/mol. The molecule has 0 fully saturated rings. The van der Waals surface area contributed by atoms with E-state index in [1.165, 1.54) is 0 Å². The zero-order chi connectivity index (χ0) is 10.9. The Labute approximate surface area is 85.5 Å². The molecule has 5 heteroatoms. The van der Waals surface area contributed by atoms with Crippen molar-refractivity contribution in [2.45, 2.75) is 13.8 Å². The maximum atomic E-state index is 11.8. The van der Waals surface area contributed by atoms with Crippen LogP contribution in [0.15, 0.2) is 0 Å². The maximum absolute atomic E-state index is 11.8. The van der Waals surface area contributed by atoms with Crippen molar-refractivity contribution in [3.05, 3.63) is 0 Å². The zero-order valence-electron chi connectivity index (χ0n) is 8.69. The highest BCUT2D eigenvalue weighted by molar-refractivity contribution is 7.53. The third kappa shape index (κ3) is 6.17. The van der Waals surface area contributed by atoms with Gasteiger partial charge in [0.2, 0.25) is 0 Å². The lowest BCUT2D eigenvalue weighted by Crippen LogP contribution is -2.06. The first-order chi connectivity index (χ1) is 6.68. The van der Waals surface area contributed by atoms with Crippen molar-refractivity contribution in [1.29, 1.82) is 0 Å². The lowest BCUT2D eigenvalue weighted by atomic mass is 10.7. The van der Waals surface area contributed by atoms with E-state index < -0.39 is 7.60 Å². The topological polar surface area (TPSA) is 44.8 Å². The predicted octanol–water partition coefficient (Wildman–Crippen LogP) is 1.90. The van der Waals surface area contributed by atoms with Crippen LogP contribution in [0.2, 0.25) is 0 Å². The molecule has 0 aliphatic rings. The molecule has 0 aliphatic heterocycles. The van der Waals surface area contributed by atoms with Gasteiger partial charge in [0.15, 0.2) is 0 Å². The van der Waals surface area contributed by atoms with Gasteiger partial charge in [0.25, 0.3) is 0 Å². The highest BCUT2D eigenvalue weighted by atomic mass is 31.2. The molecule has 0 N–H and O–H groups in total. The van der Waals surface area contributed by atoms with Crippen LogP contribution in [-0.4, -0.2) is 32.6 Å². The molecule has 0 spiro atoms. The number of hydrogen-bond acceptors (Lipinski definition) is 4. The Kier molecular flexibility index (Phi) is 7.83. The number of rotatable bonds is 8. The van der Waals surface area contributed by atoms with Crippen LogP contribution in [0.5, 0.6) is 0 Å². The molecule has 0 aromatic rings. The second kappa shape index (κ2) is 8.02. The summed E-state index contributed by atoms with van der Waals surface area (Å²) in [5, 5.41) is 0. The van der Waals surface area contributed by atoms with Gasteiger partial charge in [0, 0.05) is 0 Å². The summed E-state index contributed by atoms with van der Waals surface area (Å²) in [5.74, 6) is 2.32. The van der Waals surface area contributed by atoms with E-state index in [0.717, 1.165) is 0 Å². The van der Waals surface area contributed by atoms with E-state index in [-0.39, 0.29) is 12.8 Å². The molecule has 0 atom stereocenters. The molecule has 0 saturated heterocycles. The largest absolute Gasteiger partial charge is 0.368 e. The quantitative estimate of drug-likeness (QED) is 0.356. The van der Waals surface area contributed by atoms with Gasteiger partial charge < -0.3 is 13.8 Å². The van der Waals surface area contributed by atoms with Gasteiger partial charge in [-0.15, -0.1) is 6.42 Å². The minimum absolute atomic E-state index is 0.220. The summed E-state index contributed by atoms with van der Waals surface area (Å²) in [5.41, 5.74) is 0. The Morgan fingerprint density at radius 1 is 1.29 bits per heavy atom. The van der Waals surface area contributed by atoms with Crippen molar-refractivity contribution in [3.63, 3.8) is 0 Å². The molecule has 0 aromatic carbocycles. The third-order valence-corrected chi connectivity index (χ3v) is 3.38. The van der Waals surface area contributed by atoms with Gasteiger partial charge in [-0.25, -0.2) is 0 Å². The first-order valence-electron chi connectivity index (χ1n) is 4.58. The molecule has 0 saturated carbocycles. The van der Waals surface area contributed by atoms with Crippen LogP contribution in [0.25, 0.3) is 0 Å². The average Bonchev–Trinajstić information content (AvgIpc) is 2.13. The highest BCUT2D eigenvalue weighted by Gasteiger charge is 2.22. The molecule has 0 radical (unpaired) electrons. The molecule has 0 unspecified atom stereocenters. The molecule has 82 valence electrons. The summed E-state index contributed by atoms with van der Waals surface area (Å²) in [7, 11) is -2.95. The molecule has 4 nitrogen and oxygen atoms in total. The van der Waals surface area contributed by atoms with E-state index >= 15 is 0 Å². The van der Waals surface area contributed by atoms with Crippen LogP contribution in [-0.2, 0) is 18.3 Å². The maximum Gasteiger partial charge on any atom is 0.332 e. The van der Waals surface area contributed by atoms with E-state index in [9.17, 15) is 4.57 Å². The fourth-order valence-electron chi connectivity index (χ4n) is 0.867. The molecule has 0 aliphatic carbocycles. The first-order valence-corrected chi connectivity index (χ1v) is 6.30. The Balaban J connectivity index is 3.85. The van der Waals surface area contributed by atoms with Crippen molar-refractivity contribution in [2.75, 3.05) is 32.6 Å². The second-order valence-electron chi connectivity index (χ2n) is 2.43. The lowest BCUT2D eigenvalue weighted by Gasteiger charge is -2.16. The van der Waals surface area contributed by atoms with Gasteiger partial charge in [-0.05, 0) is 13.8 Å². The minimum Gasteiger partial charge on any atom is -0.368 e. The Hall–Kier alpha value is -0.330. The van der Waals surface area contributed by atoms with Gasteiger partial charge >= 0.3 is 7.60 Å². The molecule has 0 bridgehead atoms. The van der Waals surface area contributed by atoms with E-state index in [4.69, 9.17) is 20.2 Å². The number of ether oxygens (including phenoxy) is 1. The molecule has 0 rings (SSSR count). The SMILES string of the molecule is C#CCOCCP(=O)(OCC)OCC. The van der Waals surface area contributed by atoms with Crippen LogP contribution < -0.4 is 0 Å². The van der Waals surface area contributed by atoms with Crippen molar-refractivity contribution in [1.82, 2.24) is 0 Å². The van der Waals surface area contributed by atoms with Crippen LogP contribution in [0.1, 0.15) is 13.8 Å². The van der Waals surface area contributed by atoms with Crippen molar-refractivity contribution in [2.24, 2.45) is 0 Å². The van der Waals surface area contributed by atoms with E-state index in [1.807, 2.05) is 0 Å². The average molecular weight is 220 g/mol. The predicted molar refractivity (Wildman–Crippen MR) is 55.4 cm³/mol. The standard InChI is InChI=1S/C9H17O4P/c1-4-7-11-8-9-14(10,12-5-2)13-6-3/h1H,5-9H2,2-3H3. The summed E-state index contributed by atoms with van der Waals surface area (Å²) in [6.45, 7) is 4.79.